The Kier molecular flexibility index (Phi) is 3.81. The summed E-state index contributed by atoms with van der Waals surface area (Å²) in [5.74, 6) is -0.501. The number of pyridine rings is 1. The van der Waals surface area contributed by atoms with Gasteiger partial charge in [-0.05, 0) is 30.9 Å². The molecule has 0 fully saturated rings. The molecule has 0 aromatic carbocycles. The van der Waals surface area contributed by atoms with E-state index in [9.17, 15) is 10.1 Å². The van der Waals surface area contributed by atoms with E-state index in [1.807, 2.05) is 6.07 Å². The lowest BCUT2D eigenvalue weighted by molar-refractivity contribution is -0.135. The maximum absolute atomic E-state index is 10.9. The number of nitrogens with zero attached hydrogens (tertiary/aromatic N) is 3. The Hall–Kier alpha value is -2.35. The third-order valence-corrected chi connectivity index (χ3v) is 3.13. The molecule has 5 nitrogen and oxygen atoms in total. The highest BCUT2D eigenvalue weighted by molar-refractivity contribution is 5.74. The van der Waals surface area contributed by atoms with E-state index in [0.717, 1.165) is 30.5 Å². The van der Waals surface area contributed by atoms with Crippen LogP contribution in [0.15, 0.2) is 18.7 Å². The van der Waals surface area contributed by atoms with Gasteiger partial charge in [0.15, 0.2) is 0 Å². The molecule has 5 heteroatoms. The van der Waals surface area contributed by atoms with Gasteiger partial charge in [-0.2, -0.15) is 5.26 Å². The van der Waals surface area contributed by atoms with Gasteiger partial charge >= 0.3 is 5.97 Å². The second-order valence-corrected chi connectivity index (χ2v) is 4.49. The summed E-state index contributed by atoms with van der Waals surface area (Å²) in [5.41, 5.74) is 2.52. The van der Waals surface area contributed by atoms with Crippen LogP contribution < -0.4 is 4.90 Å². The molecule has 1 aromatic rings. The molecule has 0 amide bonds. The van der Waals surface area contributed by atoms with Crippen molar-refractivity contribution in [3.63, 3.8) is 0 Å². The van der Waals surface area contributed by atoms with E-state index < -0.39 is 5.97 Å². The van der Waals surface area contributed by atoms with Gasteiger partial charge in [-0.3, -0.25) is 4.79 Å². The van der Waals surface area contributed by atoms with E-state index in [1.165, 1.54) is 0 Å². The van der Waals surface area contributed by atoms with Crippen molar-refractivity contribution in [3.05, 3.63) is 35.5 Å². The standard InChI is InChI=1S/C14H15N3O2/c1-2-6-17(9-13(18)19)14-11(8-15)7-10-4-3-5-12(10)16-14/h2,7H,1,3-6,9H2,(H,18,19). The lowest BCUT2D eigenvalue weighted by atomic mass is 10.1. The Labute approximate surface area is 111 Å². The molecule has 1 heterocycles. The molecule has 0 atom stereocenters. The molecule has 2 rings (SSSR count). The Morgan fingerprint density at radius 2 is 2.42 bits per heavy atom. The molecule has 1 aliphatic rings. The number of nitriles is 1. The van der Waals surface area contributed by atoms with Gasteiger partial charge in [-0.15, -0.1) is 6.58 Å². The van der Waals surface area contributed by atoms with Crippen LogP contribution in [0.5, 0.6) is 0 Å². The smallest absolute Gasteiger partial charge is 0.323 e. The van der Waals surface area contributed by atoms with Gasteiger partial charge in [0.2, 0.25) is 0 Å². The quantitative estimate of drug-likeness (QED) is 0.809. The van der Waals surface area contributed by atoms with E-state index in [1.54, 1.807) is 11.0 Å². The van der Waals surface area contributed by atoms with Crippen molar-refractivity contribution in [1.82, 2.24) is 4.98 Å². The first-order valence-electron chi connectivity index (χ1n) is 6.16. The van der Waals surface area contributed by atoms with E-state index in [2.05, 4.69) is 17.6 Å². The van der Waals surface area contributed by atoms with Gasteiger partial charge in [0.05, 0.1) is 5.56 Å². The highest BCUT2D eigenvalue weighted by atomic mass is 16.4. The number of rotatable bonds is 5. The third-order valence-electron chi connectivity index (χ3n) is 3.13. The summed E-state index contributed by atoms with van der Waals surface area (Å²) in [6, 6.07) is 3.94. The Morgan fingerprint density at radius 3 is 3.05 bits per heavy atom. The maximum Gasteiger partial charge on any atom is 0.323 e. The van der Waals surface area contributed by atoms with Crippen molar-refractivity contribution in [2.45, 2.75) is 19.3 Å². The summed E-state index contributed by atoms with van der Waals surface area (Å²) in [6.07, 6.45) is 4.48. The lowest BCUT2D eigenvalue weighted by Crippen LogP contribution is -2.31. The van der Waals surface area contributed by atoms with Gasteiger partial charge in [-0.1, -0.05) is 6.08 Å². The summed E-state index contributed by atoms with van der Waals surface area (Å²) < 4.78 is 0. The number of carbonyl (C=O) groups is 1. The number of aromatic nitrogens is 1. The van der Waals surface area contributed by atoms with Crippen LogP contribution in [0.3, 0.4) is 0 Å². The molecular weight excluding hydrogens is 242 g/mol. The zero-order valence-electron chi connectivity index (χ0n) is 10.6. The number of hydrogen-bond donors (Lipinski definition) is 1. The Balaban J connectivity index is 2.43. The number of anilines is 1. The van der Waals surface area contributed by atoms with E-state index in [-0.39, 0.29) is 6.54 Å². The molecule has 19 heavy (non-hydrogen) atoms. The SMILES string of the molecule is C=CCN(CC(=O)O)c1nc2c(cc1C#N)CCC2. The van der Waals surface area contributed by atoms with Crippen molar-refractivity contribution >= 4 is 11.8 Å². The van der Waals surface area contributed by atoms with Crippen molar-refractivity contribution in [3.8, 4) is 6.07 Å². The minimum Gasteiger partial charge on any atom is -0.480 e. The number of fused-ring (bicyclic) bond motifs is 1. The van der Waals surface area contributed by atoms with Crippen molar-refractivity contribution in [2.75, 3.05) is 18.0 Å². The predicted octanol–water partition coefficient (Wildman–Crippen LogP) is 1.52. The number of carboxylic acids is 1. The fourth-order valence-electron chi connectivity index (χ4n) is 2.33. The van der Waals surface area contributed by atoms with Crippen molar-refractivity contribution < 1.29 is 9.90 Å². The summed E-state index contributed by atoms with van der Waals surface area (Å²) in [4.78, 5) is 17.0. The monoisotopic (exact) mass is 257 g/mol. The average Bonchev–Trinajstić information content (AvgIpc) is 2.83. The Bertz CT molecular complexity index is 561. The molecular formula is C14H15N3O2. The summed E-state index contributed by atoms with van der Waals surface area (Å²) in [5, 5.41) is 18.2. The number of hydrogen-bond acceptors (Lipinski definition) is 4. The topological polar surface area (TPSA) is 77.2 Å². The molecule has 0 spiro atoms. The van der Waals surface area contributed by atoms with Crippen LogP contribution in [-0.4, -0.2) is 29.1 Å². The van der Waals surface area contributed by atoms with Gasteiger partial charge in [0, 0.05) is 12.2 Å². The number of aryl methyl sites for hydroxylation is 2. The molecule has 0 bridgehead atoms. The zero-order chi connectivity index (χ0) is 13.8. The first-order chi connectivity index (χ1) is 9.15. The largest absolute Gasteiger partial charge is 0.480 e. The van der Waals surface area contributed by atoms with Crippen molar-refractivity contribution in [2.24, 2.45) is 0 Å². The molecule has 1 aliphatic carbocycles. The normalized spacial score (nSPS) is 12.6. The van der Waals surface area contributed by atoms with Crippen LogP contribution in [0.4, 0.5) is 5.82 Å². The molecule has 0 saturated carbocycles. The van der Waals surface area contributed by atoms with Crippen LogP contribution in [-0.2, 0) is 17.6 Å². The second kappa shape index (κ2) is 5.53. The van der Waals surface area contributed by atoms with Gasteiger partial charge < -0.3 is 10.0 Å². The molecule has 1 aromatic heterocycles. The van der Waals surface area contributed by atoms with Crippen LogP contribution >= 0.6 is 0 Å². The first kappa shape index (κ1) is 13.1. The highest BCUT2D eigenvalue weighted by Crippen LogP contribution is 2.26. The fourth-order valence-corrected chi connectivity index (χ4v) is 2.33. The third kappa shape index (κ3) is 2.74. The zero-order valence-corrected chi connectivity index (χ0v) is 10.6. The lowest BCUT2D eigenvalue weighted by Gasteiger charge is -2.21. The Morgan fingerprint density at radius 1 is 1.63 bits per heavy atom. The highest BCUT2D eigenvalue weighted by Gasteiger charge is 2.20. The first-order valence-corrected chi connectivity index (χ1v) is 6.16. The molecule has 0 aliphatic heterocycles. The average molecular weight is 257 g/mol. The summed E-state index contributed by atoms with van der Waals surface area (Å²) in [7, 11) is 0. The molecule has 0 saturated heterocycles. The molecule has 98 valence electrons. The van der Waals surface area contributed by atoms with E-state index in [0.29, 0.717) is 17.9 Å². The predicted molar refractivity (Wildman–Crippen MR) is 71.0 cm³/mol. The van der Waals surface area contributed by atoms with Crippen LogP contribution in [0, 0.1) is 11.3 Å². The van der Waals surface area contributed by atoms with Gasteiger partial charge in [-0.25, -0.2) is 4.98 Å². The fraction of sp³-hybridized carbons (Fsp3) is 0.357. The van der Waals surface area contributed by atoms with Gasteiger partial charge in [0.25, 0.3) is 0 Å². The summed E-state index contributed by atoms with van der Waals surface area (Å²) >= 11 is 0. The van der Waals surface area contributed by atoms with Crippen molar-refractivity contribution in [1.29, 1.82) is 5.26 Å². The number of carboxylic acid groups (broad SMARTS) is 1. The van der Waals surface area contributed by atoms with Crippen LogP contribution in [0.1, 0.15) is 23.2 Å². The van der Waals surface area contributed by atoms with Crippen LogP contribution in [0.2, 0.25) is 0 Å². The minimum absolute atomic E-state index is 0.188. The molecule has 1 N–H and O–H groups in total. The minimum atomic E-state index is -0.951. The molecule has 0 unspecified atom stereocenters. The van der Waals surface area contributed by atoms with E-state index in [4.69, 9.17) is 5.11 Å². The van der Waals surface area contributed by atoms with Gasteiger partial charge in [0.1, 0.15) is 18.4 Å². The maximum atomic E-state index is 10.9. The second-order valence-electron chi connectivity index (χ2n) is 4.49. The summed E-state index contributed by atoms with van der Waals surface area (Å²) in [6.45, 7) is 3.78. The van der Waals surface area contributed by atoms with E-state index >= 15 is 0 Å². The number of aliphatic carboxylic acids is 1. The van der Waals surface area contributed by atoms with Crippen LogP contribution in [0.25, 0.3) is 0 Å². The molecule has 0 radical (unpaired) electrons.